The molecular formula is C13H13N3O4. The number of aromatic nitrogens is 2. The van der Waals surface area contributed by atoms with E-state index >= 15 is 0 Å². The third kappa shape index (κ3) is 3.64. The van der Waals surface area contributed by atoms with Gasteiger partial charge in [-0.25, -0.2) is 9.78 Å². The lowest BCUT2D eigenvalue weighted by atomic mass is 10.3. The molecule has 0 radical (unpaired) electrons. The van der Waals surface area contributed by atoms with E-state index in [1.54, 1.807) is 12.1 Å². The molecule has 2 heterocycles. The first kappa shape index (κ1) is 13.7. The van der Waals surface area contributed by atoms with Crippen molar-refractivity contribution >= 4 is 11.9 Å². The largest absolute Gasteiger partial charge is 0.467 e. The normalized spacial score (nSPS) is 11.7. The van der Waals surface area contributed by atoms with E-state index in [-0.39, 0.29) is 12.2 Å². The first-order valence-electron chi connectivity index (χ1n) is 5.94. The van der Waals surface area contributed by atoms with E-state index in [1.807, 2.05) is 0 Å². The number of rotatable bonds is 5. The van der Waals surface area contributed by atoms with E-state index in [9.17, 15) is 9.59 Å². The fourth-order valence-electron chi connectivity index (χ4n) is 1.41. The van der Waals surface area contributed by atoms with Gasteiger partial charge in [0.25, 0.3) is 5.91 Å². The Labute approximate surface area is 115 Å². The molecule has 0 bridgehead atoms. The van der Waals surface area contributed by atoms with Crippen LogP contribution in [0, 0.1) is 0 Å². The third-order valence-corrected chi connectivity index (χ3v) is 2.44. The summed E-state index contributed by atoms with van der Waals surface area (Å²) in [5.41, 5.74) is 0.0539. The van der Waals surface area contributed by atoms with Crippen LogP contribution in [0.1, 0.15) is 23.2 Å². The van der Waals surface area contributed by atoms with E-state index in [2.05, 4.69) is 15.3 Å². The van der Waals surface area contributed by atoms with Crippen molar-refractivity contribution in [3.63, 3.8) is 0 Å². The molecular weight excluding hydrogens is 262 g/mol. The second kappa shape index (κ2) is 6.46. The summed E-state index contributed by atoms with van der Waals surface area (Å²) in [7, 11) is 0. The average molecular weight is 275 g/mol. The molecule has 0 fully saturated rings. The van der Waals surface area contributed by atoms with Crippen LogP contribution in [0.25, 0.3) is 0 Å². The molecule has 0 unspecified atom stereocenters. The molecule has 2 aromatic rings. The van der Waals surface area contributed by atoms with Gasteiger partial charge in [-0.05, 0) is 19.1 Å². The lowest BCUT2D eigenvalue weighted by molar-refractivity contribution is -0.129. The smallest absolute Gasteiger partial charge is 0.359 e. The summed E-state index contributed by atoms with van der Waals surface area (Å²) in [4.78, 5) is 31.0. The molecule has 1 amide bonds. The fraction of sp³-hybridized carbons (Fsp3) is 0.231. The van der Waals surface area contributed by atoms with Crippen LogP contribution in [0.2, 0.25) is 0 Å². The van der Waals surface area contributed by atoms with Gasteiger partial charge >= 0.3 is 5.97 Å². The molecule has 104 valence electrons. The number of esters is 1. The summed E-state index contributed by atoms with van der Waals surface area (Å²) in [5.74, 6) is -0.497. The molecule has 0 aliphatic heterocycles. The van der Waals surface area contributed by atoms with Crippen LogP contribution in [0.4, 0.5) is 0 Å². The van der Waals surface area contributed by atoms with Crippen molar-refractivity contribution in [1.82, 2.24) is 15.3 Å². The van der Waals surface area contributed by atoms with Gasteiger partial charge < -0.3 is 14.5 Å². The minimum absolute atomic E-state index is 0.0539. The van der Waals surface area contributed by atoms with Gasteiger partial charge in [-0.2, -0.15) is 0 Å². The van der Waals surface area contributed by atoms with Crippen molar-refractivity contribution in [2.45, 2.75) is 19.6 Å². The van der Waals surface area contributed by atoms with Gasteiger partial charge in [0.05, 0.1) is 19.0 Å². The first-order valence-corrected chi connectivity index (χ1v) is 5.94. The Balaban J connectivity index is 1.83. The first-order chi connectivity index (χ1) is 9.66. The Morgan fingerprint density at radius 3 is 2.95 bits per heavy atom. The minimum atomic E-state index is -0.931. The van der Waals surface area contributed by atoms with Crippen molar-refractivity contribution in [3.05, 3.63) is 48.4 Å². The van der Waals surface area contributed by atoms with Crippen molar-refractivity contribution in [2.75, 3.05) is 0 Å². The number of furan rings is 1. The second-order valence-electron chi connectivity index (χ2n) is 3.94. The maximum atomic E-state index is 11.7. The van der Waals surface area contributed by atoms with Crippen LogP contribution in [-0.2, 0) is 16.1 Å². The molecule has 0 aromatic carbocycles. The molecule has 0 aliphatic carbocycles. The highest BCUT2D eigenvalue weighted by molar-refractivity contribution is 5.90. The average Bonchev–Trinajstić information content (AvgIpc) is 2.98. The number of carbonyl (C=O) groups is 2. The summed E-state index contributed by atoms with van der Waals surface area (Å²) in [5, 5.41) is 2.60. The third-order valence-electron chi connectivity index (χ3n) is 2.44. The number of amides is 1. The maximum absolute atomic E-state index is 11.7. The predicted octanol–water partition coefficient (Wildman–Crippen LogP) is 0.931. The predicted molar refractivity (Wildman–Crippen MR) is 67.5 cm³/mol. The van der Waals surface area contributed by atoms with Gasteiger partial charge in [-0.15, -0.1) is 0 Å². The number of nitrogens with one attached hydrogen (secondary N) is 1. The van der Waals surface area contributed by atoms with E-state index in [0.717, 1.165) is 0 Å². The molecule has 7 nitrogen and oxygen atoms in total. The number of hydrogen-bond acceptors (Lipinski definition) is 6. The molecule has 0 spiro atoms. The van der Waals surface area contributed by atoms with E-state index in [4.69, 9.17) is 9.15 Å². The van der Waals surface area contributed by atoms with Gasteiger partial charge in [-0.3, -0.25) is 9.78 Å². The Bertz CT molecular complexity index is 569. The minimum Gasteiger partial charge on any atom is -0.467 e. The number of hydrogen-bond donors (Lipinski definition) is 1. The fourth-order valence-corrected chi connectivity index (χ4v) is 1.41. The van der Waals surface area contributed by atoms with Crippen LogP contribution in [0.5, 0.6) is 0 Å². The number of ether oxygens (including phenoxy) is 1. The van der Waals surface area contributed by atoms with E-state index < -0.39 is 18.0 Å². The zero-order chi connectivity index (χ0) is 14.4. The van der Waals surface area contributed by atoms with Crippen molar-refractivity contribution in [2.24, 2.45) is 0 Å². The summed E-state index contributed by atoms with van der Waals surface area (Å²) < 4.78 is 10.1. The molecule has 1 N–H and O–H groups in total. The zero-order valence-corrected chi connectivity index (χ0v) is 10.8. The van der Waals surface area contributed by atoms with E-state index in [0.29, 0.717) is 5.76 Å². The second-order valence-corrected chi connectivity index (χ2v) is 3.94. The standard InChI is InChI=1S/C13H13N3O4/c1-9(12(17)16-7-10-3-2-6-19-10)20-13(18)11-8-14-4-5-15-11/h2-6,8-9H,7H2,1H3,(H,16,17)/t9-/m0/s1. The number of carbonyl (C=O) groups excluding carboxylic acids is 2. The lowest BCUT2D eigenvalue weighted by Crippen LogP contribution is -2.35. The van der Waals surface area contributed by atoms with Crippen LogP contribution in [0.15, 0.2) is 41.4 Å². The molecule has 2 rings (SSSR count). The van der Waals surface area contributed by atoms with Crippen molar-refractivity contribution < 1.29 is 18.7 Å². The highest BCUT2D eigenvalue weighted by Gasteiger charge is 2.19. The topological polar surface area (TPSA) is 94.3 Å². The van der Waals surface area contributed by atoms with Gasteiger partial charge in [0.15, 0.2) is 11.8 Å². The highest BCUT2D eigenvalue weighted by Crippen LogP contribution is 2.02. The zero-order valence-electron chi connectivity index (χ0n) is 10.8. The van der Waals surface area contributed by atoms with Crippen LogP contribution >= 0.6 is 0 Å². The van der Waals surface area contributed by atoms with Gasteiger partial charge in [-0.1, -0.05) is 0 Å². The molecule has 0 saturated carbocycles. The van der Waals surface area contributed by atoms with Crippen LogP contribution in [0.3, 0.4) is 0 Å². The molecule has 0 aliphatic rings. The molecule has 1 atom stereocenters. The van der Waals surface area contributed by atoms with Gasteiger partial charge in [0.1, 0.15) is 5.76 Å². The molecule has 20 heavy (non-hydrogen) atoms. The quantitative estimate of drug-likeness (QED) is 0.816. The SMILES string of the molecule is C[C@H](OC(=O)c1cnccn1)C(=O)NCc1ccco1. The highest BCUT2D eigenvalue weighted by atomic mass is 16.5. The summed E-state index contributed by atoms with van der Waals surface area (Å²) in [6.45, 7) is 1.71. The Hall–Kier alpha value is -2.70. The molecule has 2 aromatic heterocycles. The van der Waals surface area contributed by atoms with E-state index in [1.165, 1.54) is 31.8 Å². The van der Waals surface area contributed by atoms with Gasteiger partial charge in [0.2, 0.25) is 0 Å². The summed E-state index contributed by atoms with van der Waals surface area (Å²) >= 11 is 0. The maximum Gasteiger partial charge on any atom is 0.359 e. The van der Waals surface area contributed by atoms with Crippen LogP contribution < -0.4 is 5.32 Å². The van der Waals surface area contributed by atoms with Crippen LogP contribution in [-0.4, -0.2) is 27.9 Å². The lowest BCUT2D eigenvalue weighted by Gasteiger charge is -2.12. The summed E-state index contributed by atoms with van der Waals surface area (Å²) in [6.07, 6.45) is 4.67. The Morgan fingerprint density at radius 1 is 1.45 bits per heavy atom. The molecule has 7 heteroatoms. The van der Waals surface area contributed by atoms with Gasteiger partial charge in [0, 0.05) is 12.4 Å². The Morgan fingerprint density at radius 2 is 2.30 bits per heavy atom. The van der Waals surface area contributed by atoms with Crippen molar-refractivity contribution in [1.29, 1.82) is 0 Å². The monoisotopic (exact) mass is 275 g/mol. The number of nitrogens with zero attached hydrogens (tertiary/aromatic N) is 2. The molecule has 0 saturated heterocycles. The summed E-state index contributed by atoms with van der Waals surface area (Å²) in [6, 6.07) is 3.45. The Kier molecular flexibility index (Phi) is 4.43. The van der Waals surface area contributed by atoms with Crippen molar-refractivity contribution in [3.8, 4) is 0 Å².